The molecule has 0 saturated carbocycles. The summed E-state index contributed by atoms with van der Waals surface area (Å²) < 4.78 is 15.1. The van der Waals surface area contributed by atoms with Gasteiger partial charge in [0.15, 0.2) is 0 Å². The lowest BCUT2D eigenvalue weighted by molar-refractivity contribution is 0.687. The fourth-order valence-electron chi connectivity index (χ4n) is 1.24. The summed E-state index contributed by atoms with van der Waals surface area (Å²) in [5.74, 6) is 0. The molecule has 0 saturated heterocycles. The number of anilines is 1. The summed E-state index contributed by atoms with van der Waals surface area (Å²) in [4.78, 5) is 0.821. The second-order valence-corrected chi connectivity index (χ2v) is 5.22. The Balaban J connectivity index is 2.04. The Bertz CT molecular complexity index is 485. The van der Waals surface area contributed by atoms with Crippen molar-refractivity contribution in [3.63, 3.8) is 0 Å². The molecule has 1 aromatic carbocycles. The van der Waals surface area contributed by atoms with Crippen LogP contribution in [0.5, 0.6) is 0 Å². The van der Waals surface area contributed by atoms with E-state index in [9.17, 15) is 4.21 Å². The van der Waals surface area contributed by atoms with Gasteiger partial charge in [-0.05, 0) is 29.7 Å². The van der Waals surface area contributed by atoms with Crippen LogP contribution in [0.15, 0.2) is 34.5 Å². The Morgan fingerprint density at radius 2 is 2.38 bits per heavy atom. The molecule has 6 heteroatoms. The maximum absolute atomic E-state index is 11.3. The molecule has 0 fully saturated rings. The molecule has 1 N–H and O–H groups in total. The molecular weight excluding hydrogens is 242 g/mol. The third-order valence-corrected chi connectivity index (χ3v) is 3.52. The summed E-state index contributed by atoms with van der Waals surface area (Å²) in [6, 6.07) is 7.57. The van der Waals surface area contributed by atoms with Gasteiger partial charge in [0.2, 0.25) is 0 Å². The zero-order valence-corrected chi connectivity index (χ0v) is 10.3. The largest absolute Gasteiger partial charge is 0.379 e. The molecular formula is C10H11N3OS2. The highest BCUT2D eigenvalue weighted by Crippen LogP contribution is 2.14. The third-order valence-electron chi connectivity index (χ3n) is 2.04. The minimum Gasteiger partial charge on any atom is -0.379 e. The second kappa shape index (κ2) is 5.18. The van der Waals surface area contributed by atoms with Crippen LogP contribution < -0.4 is 5.32 Å². The molecule has 1 aromatic heterocycles. The number of aromatic nitrogens is 2. The standard InChI is InChI=1S/C10H11N3OS2/c1-16(14)10-4-2-3-8(5-10)11-6-9-7-15-13-12-9/h2-5,7,11H,6H2,1H3. The van der Waals surface area contributed by atoms with Gasteiger partial charge >= 0.3 is 0 Å². The molecule has 0 bridgehead atoms. The Morgan fingerprint density at radius 1 is 1.50 bits per heavy atom. The van der Waals surface area contributed by atoms with Gasteiger partial charge in [-0.15, -0.1) is 5.10 Å². The normalized spacial score (nSPS) is 12.3. The van der Waals surface area contributed by atoms with Crippen molar-refractivity contribution in [2.24, 2.45) is 0 Å². The van der Waals surface area contributed by atoms with Crippen molar-refractivity contribution in [3.8, 4) is 0 Å². The van der Waals surface area contributed by atoms with E-state index < -0.39 is 10.8 Å². The van der Waals surface area contributed by atoms with E-state index in [1.807, 2.05) is 29.6 Å². The van der Waals surface area contributed by atoms with E-state index >= 15 is 0 Å². The Morgan fingerprint density at radius 3 is 3.06 bits per heavy atom. The summed E-state index contributed by atoms with van der Waals surface area (Å²) in [7, 11) is -0.945. The van der Waals surface area contributed by atoms with Crippen molar-refractivity contribution < 1.29 is 4.21 Å². The highest BCUT2D eigenvalue weighted by atomic mass is 32.2. The average molecular weight is 253 g/mol. The van der Waals surface area contributed by atoms with Gasteiger partial charge < -0.3 is 5.32 Å². The molecule has 84 valence electrons. The van der Waals surface area contributed by atoms with Crippen molar-refractivity contribution in [1.82, 2.24) is 9.59 Å². The minimum atomic E-state index is -0.945. The summed E-state index contributed by atoms with van der Waals surface area (Å²) in [5.41, 5.74) is 1.86. The number of hydrogen-bond acceptors (Lipinski definition) is 5. The van der Waals surface area contributed by atoms with Gasteiger partial charge in [-0.2, -0.15) is 0 Å². The van der Waals surface area contributed by atoms with Crippen LogP contribution in [-0.2, 0) is 17.3 Å². The Labute approximate surface area is 100 Å². The van der Waals surface area contributed by atoms with Crippen molar-refractivity contribution >= 4 is 28.0 Å². The fourth-order valence-corrected chi connectivity index (χ4v) is 2.25. The zero-order chi connectivity index (χ0) is 11.4. The van der Waals surface area contributed by atoms with E-state index in [1.165, 1.54) is 11.5 Å². The molecule has 2 aromatic rings. The summed E-state index contributed by atoms with van der Waals surface area (Å²) >= 11 is 1.33. The molecule has 1 unspecified atom stereocenters. The molecule has 0 spiro atoms. The molecule has 1 heterocycles. The van der Waals surface area contributed by atoms with Crippen LogP contribution in [0.1, 0.15) is 5.69 Å². The average Bonchev–Trinajstić information content (AvgIpc) is 2.79. The second-order valence-electron chi connectivity index (χ2n) is 3.23. The van der Waals surface area contributed by atoms with Gasteiger partial charge in [0.25, 0.3) is 0 Å². The number of benzene rings is 1. The van der Waals surface area contributed by atoms with E-state index in [2.05, 4.69) is 14.9 Å². The molecule has 2 rings (SSSR count). The quantitative estimate of drug-likeness (QED) is 0.904. The van der Waals surface area contributed by atoms with Gasteiger partial charge in [-0.1, -0.05) is 10.6 Å². The Hall–Kier alpha value is -1.27. The topological polar surface area (TPSA) is 54.9 Å². The monoisotopic (exact) mass is 253 g/mol. The number of hydrogen-bond donors (Lipinski definition) is 1. The highest BCUT2D eigenvalue weighted by molar-refractivity contribution is 7.84. The van der Waals surface area contributed by atoms with Gasteiger partial charge in [-0.3, -0.25) is 4.21 Å². The van der Waals surface area contributed by atoms with E-state index in [-0.39, 0.29) is 0 Å². The predicted octanol–water partition coefficient (Wildman–Crippen LogP) is 1.89. The smallest absolute Gasteiger partial charge is 0.0946 e. The van der Waals surface area contributed by atoms with Crippen LogP contribution in [0.3, 0.4) is 0 Å². The molecule has 0 aliphatic heterocycles. The van der Waals surface area contributed by atoms with Crippen LogP contribution in [0.2, 0.25) is 0 Å². The molecule has 0 aliphatic carbocycles. The van der Waals surface area contributed by atoms with Gasteiger partial charge in [0, 0.05) is 33.0 Å². The maximum atomic E-state index is 11.3. The third kappa shape index (κ3) is 2.86. The predicted molar refractivity (Wildman–Crippen MR) is 66.0 cm³/mol. The van der Waals surface area contributed by atoms with Crippen molar-refractivity contribution in [2.45, 2.75) is 11.4 Å². The van der Waals surface area contributed by atoms with Gasteiger partial charge in [-0.25, -0.2) is 0 Å². The van der Waals surface area contributed by atoms with Crippen LogP contribution in [0, 0.1) is 0 Å². The van der Waals surface area contributed by atoms with Gasteiger partial charge in [0.05, 0.1) is 12.2 Å². The van der Waals surface area contributed by atoms with E-state index in [4.69, 9.17) is 0 Å². The lowest BCUT2D eigenvalue weighted by atomic mass is 10.3. The number of rotatable bonds is 4. The Kier molecular flexibility index (Phi) is 3.63. The lowest BCUT2D eigenvalue weighted by Crippen LogP contribution is -2.00. The number of nitrogens with one attached hydrogen (secondary N) is 1. The van der Waals surface area contributed by atoms with Gasteiger partial charge in [0.1, 0.15) is 0 Å². The van der Waals surface area contributed by atoms with E-state index in [0.717, 1.165) is 16.3 Å². The summed E-state index contributed by atoms with van der Waals surface area (Å²) in [6.07, 6.45) is 1.67. The molecule has 0 amide bonds. The molecule has 4 nitrogen and oxygen atoms in total. The van der Waals surface area contributed by atoms with Crippen molar-refractivity contribution in [3.05, 3.63) is 35.3 Å². The molecule has 1 atom stereocenters. The first kappa shape index (κ1) is 11.2. The van der Waals surface area contributed by atoms with Crippen LogP contribution in [-0.4, -0.2) is 20.1 Å². The summed E-state index contributed by atoms with van der Waals surface area (Å²) in [5, 5.41) is 9.04. The van der Waals surface area contributed by atoms with Crippen LogP contribution in [0.4, 0.5) is 5.69 Å². The van der Waals surface area contributed by atoms with Crippen LogP contribution in [0.25, 0.3) is 0 Å². The van der Waals surface area contributed by atoms with Crippen molar-refractivity contribution in [2.75, 3.05) is 11.6 Å². The maximum Gasteiger partial charge on any atom is 0.0946 e. The van der Waals surface area contributed by atoms with E-state index in [1.54, 1.807) is 6.26 Å². The summed E-state index contributed by atoms with van der Waals surface area (Å²) in [6.45, 7) is 0.635. The number of nitrogens with zero attached hydrogens (tertiary/aromatic N) is 2. The first-order chi connectivity index (χ1) is 7.75. The molecule has 0 radical (unpaired) electrons. The molecule has 0 aliphatic rings. The minimum absolute atomic E-state index is 0.635. The first-order valence-electron chi connectivity index (χ1n) is 4.69. The van der Waals surface area contributed by atoms with E-state index in [0.29, 0.717) is 6.54 Å². The zero-order valence-electron chi connectivity index (χ0n) is 8.71. The first-order valence-corrected chi connectivity index (χ1v) is 7.08. The fraction of sp³-hybridized carbons (Fsp3) is 0.200. The van der Waals surface area contributed by atoms with Crippen LogP contribution >= 0.6 is 11.5 Å². The highest BCUT2D eigenvalue weighted by Gasteiger charge is 2.00. The molecule has 16 heavy (non-hydrogen) atoms. The lowest BCUT2D eigenvalue weighted by Gasteiger charge is -2.05. The van der Waals surface area contributed by atoms with Crippen molar-refractivity contribution in [1.29, 1.82) is 0 Å². The SMILES string of the molecule is CS(=O)c1cccc(NCc2csnn2)c1.